The number of carbonyl (C=O) groups is 3. The number of rotatable bonds is 7. The molecule has 0 radical (unpaired) electrons. The number of carbonyl (C=O) groups excluding carboxylic acids is 3. The molecule has 1 atom stereocenters. The maximum absolute atomic E-state index is 13.5. The number of amides is 2. The Hall–Kier alpha value is -4.79. The summed E-state index contributed by atoms with van der Waals surface area (Å²) < 4.78 is 10.7. The summed E-state index contributed by atoms with van der Waals surface area (Å²) in [5, 5.41) is 14.2. The Morgan fingerprint density at radius 2 is 1.68 bits per heavy atom. The van der Waals surface area contributed by atoms with Gasteiger partial charge in [-0.05, 0) is 54.1 Å². The summed E-state index contributed by atoms with van der Waals surface area (Å²) in [5.74, 6) is -1.57. The van der Waals surface area contributed by atoms with Crippen LogP contribution in [-0.4, -0.2) is 51.0 Å². The molecule has 1 saturated heterocycles. The summed E-state index contributed by atoms with van der Waals surface area (Å²) >= 11 is 0. The van der Waals surface area contributed by atoms with Gasteiger partial charge in [-0.2, -0.15) is 0 Å². The molecular formula is C29H29N3O6. The van der Waals surface area contributed by atoms with E-state index in [1.807, 2.05) is 43.3 Å². The number of aliphatic hydroxyl groups excluding tert-OH is 1. The van der Waals surface area contributed by atoms with Gasteiger partial charge in [-0.25, -0.2) is 0 Å². The third-order valence-electron chi connectivity index (χ3n) is 6.28. The van der Waals surface area contributed by atoms with E-state index < -0.39 is 17.7 Å². The van der Waals surface area contributed by atoms with Crippen molar-refractivity contribution in [1.29, 1.82) is 0 Å². The van der Waals surface area contributed by atoms with Crippen molar-refractivity contribution >= 4 is 40.4 Å². The zero-order chi connectivity index (χ0) is 27.6. The second kappa shape index (κ2) is 10.7. The Labute approximate surface area is 220 Å². The average Bonchev–Trinajstić information content (AvgIpc) is 3.17. The highest BCUT2D eigenvalue weighted by molar-refractivity contribution is 6.51. The van der Waals surface area contributed by atoms with E-state index in [0.717, 1.165) is 5.69 Å². The fraction of sp³-hybridized carbons (Fsp3) is 0.207. The predicted molar refractivity (Wildman–Crippen MR) is 146 cm³/mol. The summed E-state index contributed by atoms with van der Waals surface area (Å²) in [6, 6.07) is 17.9. The number of aliphatic hydroxyl groups is 1. The minimum Gasteiger partial charge on any atom is -0.507 e. The van der Waals surface area contributed by atoms with Crippen molar-refractivity contribution < 1.29 is 29.0 Å². The lowest BCUT2D eigenvalue weighted by Crippen LogP contribution is -2.29. The molecular weight excluding hydrogens is 486 g/mol. The van der Waals surface area contributed by atoms with Gasteiger partial charge in [0.2, 0.25) is 5.91 Å². The molecule has 1 unspecified atom stereocenters. The molecule has 2 N–H and O–H groups in total. The Balaban J connectivity index is 1.96. The van der Waals surface area contributed by atoms with E-state index in [4.69, 9.17) is 9.47 Å². The van der Waals surface area contributed by atoms with Gasteiger partial charge in [0, 0.05) is 38.1 Å². The molecule has 196 valence electrons. The van der Waals surface area contributed by atoms with Crippen LogP contribution >= 0.6 is 0 Å². The van der Waals surface area contributed by atoms with Crippen LogP contribution in [0.25, 0.3) is 5.76 Å². The average molecular weight is 516 g/mol. The van der Waals surface area contributed by atoms with Crippen LogP contribution in [0.2, 0.25) is 0 Å². The van der Waals surface area contributed by atoms with Crippen LogP contribution in [0.4, 0.5) is 17.1 Å². The number of methoxy groups -OCH3 is 2. The van der Waals surface area contributed by atoms with Gasteiger partial charge in [0.25, 0.3) is 11.7 Å². The topological polar surface area (TPSA) is 108 Å². The SMILES string of the molecule is COc1ccc(OC)c(/C(O)=C2\C(=O)C(=O)N(c3cccc(NC(C)=O)c3)C2c2ccc(N(C)C)cc2)c1. The molecule has 1 fully saturated rings. The van der Waals surface area contributed by atoms with E-state index in [-0.39, 0.29) is 22.8 Å². The summed E-state index contributed by atoms with van der Waals surface area (Å²) in [7, 11) is 6.74. The fourth-order valence-corrected chi connectivity index (χ4v) is 4.45. The van der Waals surface area contributed by atoms with Crippen LogP contribution in [-0.2, 0) is 14.4 Å². The van der Waals surface area contributed by atoms with Gasteiger partial charge in [0.1, 0.15) is 17.3 Å². The molecule has 9 nitrogen and oxygen atoms in total. The van der Waals surface area contributed by atoms with E-state index >= 15 is 0 Å². The molecule has 0 spiro atoms. The van der Waals surface area contributed by atoms with Gasteiger partial charge in [-0.3, -0.25) is 19.3 Å². The largest absolute Gasteiger partial charge is 0.507 e. The zero-order valence-corrected chi connectivity index (χ0v) is 21.8. The molecule has 3 aromatic rings. The Kier molecular flexibility index (Phi) is 7.38. The van der Waals surface area contributed by atoms with Crippen LogP contribution in [0.5, 0.6) is 11.5 Å². The Morgan fingerprint density at radius 1 is 0.974 bits per heavy atom. The van der Waals surface area contributed by atoms with Gasteiger partial charge in [-0.15, -0.1) is 0 Å². The first-order valence-electron chi connectivity index (χ1n) is 11.8. The fourth-order valence-electron chi connectivity index (χ4n) is 4.45. The standard InChI is InChI=1S/C29H29N3O6/c1-17(33)30-19-7-6-8-21(15-19)32-26(18-9-11-20(12-10-18)31(2)3)25(28(35)29(32)36)27(34)23-16-22(37-4)13-14-24(23)38-5/h6-16,26,34H,1-5H3,(H,30,33)/b27-25+. The first-order valence-corrected chi connectivity index (χ1v) is 11.8. The highest BCUT2D eigenvalue weighted by Gasteiger charge is 2.47. The molecule has 38 heavy (non-hydrogen) atoms. The summed E-state index contributed by atoms with van der Waals surface area (Å²) in [4.78, 5) is 41.9. The van der Waals surface area contributed by atoms with Crippen LogP contribution < -0.4 is 24.6 Å². The predicted octanol–water partition coefficient (Wildman–Crippen LogP) is 4.35. The number of hydrogen-bond donors (Lipinski definition) is 2. The van der Waals surface area contributed by atoms with Crippen molar-refractivity contribution in [1.82, 2.24) is 0 Å². The van der Waals surface area contributed by atoms with Crippen molar-refractivity contribution in [3.63, 3.8) is 0 Å². The smallest absolute Gasteiger partial charge is 0.300 e. The van der Waals surface area contributed by atoms with Gasteiger partial charge < -0.3 is 24.8 Å². The van der Waals surface area contributed by atoms with Gasteiger partial charge >= 0.3 is 0 Å². The van der Waals surface area contributed by atoms with E-state index in [9.17, 15) is 19.5 Å². The van der Waals surface area contributed by atoms with Crippen LogP contribution in [0.3, 0.4) is 0 Å². The molecule has 0 aromatic heterocycles. The monoisotopic (exact) mass is 515 g/mol. The van der Waals surface area contributed by atoms with Gasteiger partial charge in [0.05, 0.1) is 31.4 Å². The quantitative estimate of drug-likeness (QED) is 0.274. The van der Waals surface area contributed by atoms with E-state index in [0.29, 0.717) is 28.4 Å². The Morgan fingerprint density at radius 3 is 2.29 bits per heavy atom. The van der Waals surface area contributed by atoms with Crippen molar-refractivity contribution in [3.8, 4) is 11.5 Å². The van der Waals surface area contributed by atoms with E-state index in [2.05, 4.69) is 5.32 Å². The molecule has 1 aliphatic rings. The van der Waals surface area contributed by atoms with Gasteiger partial charge in [-0.1, -0.05) is 18.2 Å². The molecule has 3 aromatic carbocycles. The van der Waals surface area contributed by atoms with Gasteiger partial charge in [0.15, 0.2) is 0 Å². The van der Waals surface area contributed by atoms with E-state index in [1.165, 1.54) is 26.0 Å². The number of benzene rings is 3. The minimum atomic E-state index is -0.949. The number of ketones is 1. The molecule has 9 heteroatoms. The number of nitrogens with one attached hydrogen (secondary N) is 1. The third kappa shape index (κ3) is 4.90. The second-order valence-electron chi connectivity index (χ2n) is 8.95. The number of ether oxygens (including phenoxy) is 2. The van der Waals surface area contributed by atoms with Crippen LogP contribution in [0.15, 0.2) is 72.3 Å². The van der Waals surface area contributed by atoms with E-state index in [1.54, 1.807) is 42.5 Å². The lowest BCUT2D eigenvalue weighted by atomic mass is 9.94. The van der Waals surface area contributed by atoms with Crippen molar-refractivity contribution in [3.05, 3.63) is 83.4 Å². The third-order valence-corrected chi connectivity index (χ3v) is 6.28. The highest BCUT2D eigenvalue weighted by atomic mass is 16.5. The maximum Gasteiger partial charge on any atom is 0.300 e. The number of nitrogens with zero attached hydrogens (tertiary/aromatic N) is 2. The molecule has 0 aliphatic carbocycles. The lowest BCUT2D eigenvalue weighted by Gasteiger charge is -2.26. The maximum atomic E-state index is 13.5. The normalized spacial score (nSPS) is 16.3. The van der Waals surface area contributed by atoms with Crippen molar-refractivity contribution in [2.24, 2.45) is 0 Å². The van der Waals surface area contributed by atoms with Crippen molar-refractivity contribution in [2.75, 3.05) is 43.4 Å². The Bertz CT molecular complexity index is 1430. The molecule has 2 amide bonds. The van der Waals surface area contributed by atoms with Crippen LogP contribution in [0, 0.1) is 0 Å². The summed E-state index contributed by atoms with van der Waals surface area (Å²) in [6.07, 6.45) is 0. The number of hydrogen-bond acceptors (Lipinski definition) is 7. The number of anilines is 3. The lowest BCUT2D eigenvalue weighted by molar-refractivity contribution is -0.132. The van der Waals surface area contributed by atoms with Crippen LogP contribution in [0.1, 0.15) is 24.1 Å². The number of Topliss-reactive ketones (excluding diaryl/α,β-unsaturated/α-hetero) is 1. The molecule has 1 heterocycles. The molecule has 0 saturated carbocycles. The summed E-state index contributed by atoms with van der Waals surface area (Å²) in [5.41, 5.74) is 2.51. The molecule has 1 aliphatic heterocycles. The molecule has 0 bridgehead atoms. The minimum absolute atomic E-state index is 0.0934. The zero-order valence-electron chi connectivity index (χ0n) is 21.8. The second-order valence-corrected chi connectivity index (χ2v) is 8.95. The molecule has 4 rings (SSSR count). The highest BCUT2D eigenvalue weighted by Crippen LogP contribution is 2.44. The summed E-state index contributed by atoms with van der Waals surface area (Å²) in [6.45, 7) is 1.38. The van der Waals surface area contributed by atoms with Crippen molar-refractivity contribution in [2.45, 2.75) is 13.0 Å². The first-order chi connectivity index (χ1) is 18.2. The first kappa shape index (κ1) is 26.3.